The van der Waals surface area contributed by atoms with E-state index in [1.807, 2.05) is 24.0 Å². The molecule has 1 saturated heterocycles. The summed E-state index contributed by atoms with van der Waals surface area (Å²) >= 11 is 5.93. The van der Waals surface area contributed by atoms with E-state index in [9.17, 15) is 13.2 Å². The third-order valence-electron chi connectivity index (χ3n) is 5.39. The molecule has 162 valence electrons. The van der Waals surface area contributed by atoms with Gasteiger partial charge >= 0.3 is 0 Å². The summed E-state index contributed by atoms with van der Waals surface area (Å²) < 4.78 is 28.8. The summed E-state index contributed by atoms with van der Waals surface area (Å²) in [7, 11) is -3.54. The lowest BCUT2D eigenvalue weighted by Gasteiger charge is -2.34. The number of hydrogen-bond donors (Lipinski definition) is 0. The highest BCUT2D eigenvalue weighted by Crippen LogP contribution is 2.21. The first kappa shape index (κ1) is 21.5. The lowest BCUT2D eigenvalue weighted by atomic mass is 10.2. The van der Waals surface area contributed by atoms with Crippen molar-refractivity contribution in [1.82, 2.24) is 14.1 Å². The number of anilines is 1. The second-order valence-electron chi connectivity index (χ2n) is 7.31. The average molecular weight is 459 g/mol. The van der Waals surface area contributed by atoms with Crippen LogP contribution in [0, 0.1) is 0 Å². The fraction of sp³-hybridized carbons (Fsp3) is 0.273. The van der Waals surface area contributed by atoms with Gasteiger partial charge in [0.15, 0.2) is 0 Å². The lowest BCUT2D eigenvalue weighted by Crippen LogP contribution is -2.49. The summed E-state index contributed by atoms with van der Waals surface area (Å²) in [6.45, 7) is 3.70. The molecule has 4 rings (SSSR count). The summed E-state index contributed by atoms with van der Waals surface area (Å²) in [6.07, 6.45) is 0.865. The molecule has 31 heavy (non-hydrogen) atoms. The first-order chi connectivity index (χ1) is 14.9. The van der Waals surface area contributed by atoms with Crippen molar-refractivity contribution >= 4 is 27.4 Å². The van der Waals surface area contributed by atoms with Crippen LogP contribution in [0.2, 0.25) is 5.02 Å². The van der Waals surface area contributed by atoms with Crippen molar-refractivity contribution in [2.45, 2.75) is 18.2 Å². The molecular weight excluding hydrogens is 436 g/mol. The van der Waals surface area contributed by atoms with E-state index in [1.54, 1.807) is 42.5 Å². The quantitative estimate of drug-likeness (QED) is 0.587. The topological polar surface area (TPSA) is 75.5 Å². The van der Waals surface area contributed by atoms with Crippen LogP contribution in [-0.4, -0.2) is 48.7 Å². The minimum Gasteiger partial charge on any atom is -0.353 e. The molecule has 1 fully saturated rings. The SMILES string of the molecule is CCc1ccc(S(=O)(=O)N2CCN(c3ccc(=O)n(-c4ccc(Cl)cc4)n3)CC2)cc1. The van der Waals surface area contributed by atoms with Crippen LogP contribution < -0.4 is 10.5 Å². The average Bonchev–Trinajstić information content (AvgIpc) is 2.80. The van der Waals surface area contributed by atoms with E-state index in [-0.39, 0.29) is 5.56 Å². The predicted molar refractivity (Wildman–Crippen MR) is 122 cm³/mol. The van der Waals surface area contributed by atoms with Crippen LogP contribution in [0.15, 0.2) is 70.4 Å². The van der Waals surface area contributed by atoms with E-state index >= 15 is 0 Å². The zero-order valence-corrected chi connectivity index (χ0v) is 18.7. The maximum absolute atomic E-state index is 13.0. The molecule has 0 atom stereocenters. The van der Waals surface area contributed by atoms with Gasteiger partial charge in [0.1, 0.15) is 5.82 Å². The highest BCUT2D eigenvalue weighted by Gasteiger charge is 2.29. The second kappa shape index (κ2) is 8.82. The zero-order valence-electron chi connectivity index (χ0n) is 17.1. The smallest absolute Gasteiger partial charge is 0.271 e. The number of piperazine rings is 1. The maximum Gasteiger partial charge on any atom is 0.271 e. The highest BCUT2D eigenvalue weighted by atomic mass is 35.5. The molecule has 9 heteroatoms. The third-order valence-corrected chi connectivity index (χ3v) is 7.55. The van der Waals surface area contributed by atoms with Gasteiger partial charge in [-0.2, -0.15) is 8.99 Å². The van der Waals surface area contributed by atoms with Crippen LogP contribution in [0.25, 0.3) is 5.69 Å². The van der Waals surface area contributed by atoms with E-state index < -0.39 is 10.0 Å². The molecule has 7 nitrogen and oxygen atoms in total. The Hall–Kier alpha value is -2.68. The fourth-order valence-corrected chi connectivity index (χ4v) is 5.09. The number of nitrogens with zero attached hydrogens (tertiary/aromatic N) is 4. The van der Waals surface area contributed by atoms with Gasteiger partial charge < -0.3 is 4.90 Å². The second-order valence-corrected chi connectivity index (χ2v) is 9.68. The number of sulfonamides is 1. The van der Waals surface area contributed by atoms with Crippen molar-refractivity contribution in [3.63, 3.8) is 0 Å². The Labute approximate surface area is 186 Å². The Kier molecular flexibility index (Phi) is 6.13. The summed E-state index contributed by atoms with van der Waals surface area (Å²) in [5.74, 6) is 0.624. The van der Waals surface area contributed by atoms with Crippen LogP contribution in [-0.2, 0) is 16.4 Å². The van der Waals surface area contributed by atoms with Crippen molar-refractivity contribution in [3.05, 3.63) is 81.6 Å². The molecule has 0 unspecified atom stereocenters. The molecule has 0 bridgehead atoms. The Morgan fingerprint density at radius 2 is 1.55 bits per heavy atom. The summed E-state index contributed by atoms with van der Waals surface area (Å²) in [6, 6.07) is 17.1. The van der Waals surface area contributed by atoms with Crippen LogP contribution in [0.1, 0.15) is 12.5 Å². The molecule has 2 aromatic carbocycles. The third kappa shape index (κ3) is 4.51. The van der Waals surface area contributed by atoms with E-state index in [4.69, 9.17) is 11.6 Å². The van der Waals surface area contributed by atoms with Gasteiger partial charge in [0.25, 0.3) is 5.56 Å². The lowest BCUT2D eigenvalue weighted by molar-refractivity contribution is 0.383. The van der Waals surface area contributed by atoms with Crippen LogP contribution in [0.4, 0.5) is 5.82 Å². The van der Waals surface area contributed by atoms with Gasteiger partial charge in [0.05, 0.1) is 10.6 Å². The van der Waals surface area contributed by atoms with E-state index in [2.05, 4.69) is 5.10 Å². The van der Waals surface area contributed by atoms with Crippen molar-refractivity contribution in [1.29, 1.82) is 0 Å². The summed E-state index contributed by atoms with van der Waals surface area (Å²) in [5.41, 5.74) is 1.47. The standard InChI is InChI=1S/C22H23ClN4O3S/c1-2-17-3-9-20(10-4-17)31(29,30)26-15-13-25(14-16-26)21-11-12-22(28)27(24-21)19-7-5-18(23)6-8-19/h3-12H,2,13-16H2,1H3. The van der Waals surface area contributed by atoms with Crippen molar-refractivity contribution in [2.75, 3.05) is 31.1 Å². The molecule has 0 spiro atoms. The largest absolute Gasteiger partial charge is 0.353 e. The van der Waals surface area contributed by atoms with Crippen molar-refractivity contribution < 1.29 is 8.42 Å². The molecule has 0 amide bonds. The molecular formula is C22H23ClN4O3S. The minimum absolute atomic E-state index is 0.247. The van der Waals surface area contributed by atoms with Crippen LogP contribution >= 0.6 is 11.6 Å². The van der Waals surface area contributed by atoms with Crippen molar-refractivity contribution in [2.24, 2.45) is 0 Å². The van der Waals surface area contributed by atoms with Crippen LogP contribution in [0.5, 0.6) is 0 Å². The Morgan fingerprint density at radius 1 is 0.903 bits per heavy atom. The highest BCUT2D eigenvalue weighted by molar-refractivity contribution is 7.89. The van der Waals surface area contributed by atoms with E-state index in [0.29, 0.717) is 47.6 Å². The molecule has 1 aromatic heterocycles. The molecule has 3 aromatic rings. The number of hydrogen-bond acceptors (Lipinski definition) is 5. The first-order valence-corrected chi connectivity index (χ1v) is 11.9. The van der Waals surface area contributed by atoms with Gasteiger partial charge in [-0.25, -0.2) is 8.42 Å². The molecule has 1 aliphatic heterocycles. The number of halogens is 1. The number of benzene rings is 2. The Balaban J connectivity index is 1.50. The fourth-order valence-electron chi connectivity index (χ4n) is 3.54. The summed E-state index contributed by atoms with van der Waals surface area (Å²) in [4.78, 5) is 14.6. The van der Waals surface area contributed by atoms with Gasteiger partial charge in [-0.1, -0.05) is 30.7 Å². The van der Waals surface area contributed by atoms with Gasteiger partial charge in [-0.15, -0.1) is 5.10 Å². The first-order valence-electron chi connectivity index (χ1n) is 10.1. The van der Waals surface area contributed by atoms with Crippen molar-refractivity contribution in [3.8, 4) is 5.69 Å². The van der Waals surface area contributed by atoms with Gasteiger partial charge in [-0.3, -0.25) is 4.79 Å². The predicted octanol–water partition coefficient (Wildman–Crippen LogP) is 2.96. The van der Waals surface area contributed by atoms with Gasteiger partial charge in [0, 0.05) is 37.3 Å². The normalized spacial score (nSPS) is 15.2. The molecule has 0 saturated carbocycles. The van der Waals surface area contributed by atoms with E-state index in [1.165, 1.54) is 15.1 Å². The number of aromatic nitrogens is 2. The Morgan fingerprint density at radius 3 is 2.16 bits per heavy atom. The Bertz CT molecular complexity index is 1220. The van der Waals surface area contributed by atoms with Gasteiger partial charge in [-0.05, 0) is 54.4 Å². The van der Waals surface area contributed by atoms with Crippen LogP contribution in [0.3, 0.4) is 0 Å². The monoisotopic (exact) mass is 458 g/mol. The maximum atomic E-state index is 13.0. The molecule has 0 N–H and O–H groups in total. The molecule has 1 aliphatic rings. The number of rotatable bonds is 5. The van der Waals surface area contributed by atoms with E-state index in [0.717, 1.165) is 12.0 Å². The molecule has 2 heterocycles. The number of aryl methyl sites for hydroxylation is 1. The molecule has 0 radical (unpaired) electrons. The summed E-state index contributed by atoms with van der Waals surface area (Å²) in [5, 5.41) is 5.06. The zero-order chi connectivity index (χ0) is 22.0. The van der Waals surface area contributed by atoms with Gasteiger partial charge in [0.2, 0.25) is 10.0 Å². The minimum atomic E-state index is -3.54. The molecule has 0 aliphatic carbocycles.